The zero-order chi connectivity index (χ0) is 17.0. The molecule has 0 radical (unpaired) electrons. The van der Waals surface area contributed by atoms with Gasteiger partial charge in [0.1, 0.15) is 0 Å². The molecule has 4 aromatic rings. The largest absolute Gasteiger partial charge is 0.354 e. The van der Waals surface area contributed by atoms with Gasteiger partial charge in [-0.25, -0.2) is 0 Å². The zero-order valence-electron chi connectivity index (χ0n) is 15.0. The van der Waals surface area contributed by atoms with Crippen LogP contribution in [0.2, 0.25) is 0 Å². The predicted octanol–water partition coefficient (Wildman–Crippen LogP) is 4.99. The van der Waals surface area contributed by atoms with Crippen molar-refractivity contribution in [3.63, 3.8) is 0 Å². The summed E-state index contributed by atoms with van der Waals surface area (Å²) in [5, 5.41) is 1.83. The molecule has 1 heterocycles. The van der Waals surface area contributed by atoms with Crippen LogP contribution in [0.5, 0.6) is 0 Å². The molecule has 19 heavy (non-hydrogen) atoms. The highest BCUT2D eigenvalue weighted by Crippen LogP contribution is 2.34. The first-order valence-corrected chi connectivity index (χ1v) is 6.07. The predicted molar refractivity (Wildman–Crippen MR) is 81.2 cm³/mol. The molecule has 0 aliphatic heterocycles. The average molecular weight is 248 g/mol. The molecule has 0 spiro atoms. The minimum atomic E-state index is -0.375. The fraction of sp³-hybridized carbons (Fsp3) is 0. The van der Waals surface area contributed by atoms with Gasteiger partial charge in [-0.15, -0.1) is 0 Å². The van der Waals surface area contributed by atoms with Crippen molar-refractivity contribution in [2.24, 2.45) is 0 Å². The Morgan fingerprint density at radius 3 is 2.47 bits per heavy atom. The first-order chi connectivity index (χ1) is 11.5. The molecule has 1 aromatic heterocycles. The van der Waals surface area contributed by atoms with E-state index < -0.39 is 0 Å². The topological polar surface area (TPSA) is 15.8 Å². The van der Waals surface area contributed by atoms with Gasteiger partial charge in [0.2, 0.25) is 0 Å². The van der Waals surface area contributed by atoms with E-state index in [4.69, 9.17) is 6.85 Å². The van der Waals surface area contributed by atoms with E-state index in [9.17, 15) is 0 Å². The molecule has 0 aliphatic rings. The third kappa shape index (κ3) is 1.55. The summed E-state index contributed by atoms with van der Waals surface area (Å²) in [6, 6.07) is 12.0. The van der Waals surface area contributed by atoms with Crippen molar-refractivity contribution >= 4 is 21.8 Å². The summed E-state index contributed by atoms with van der Waals surface area (Å²) in [6.07, 6.45) is 0. The lowest BCUT2D eigenvalue weighted by molar-refractivity contribution is 1.54. The Hall–Kier alpha value is -2.54. The molecule has 0 atom stereocenters. The van der Waals surface area contributed by atoms with Crippen LogP contribution in [0.4, 0.5) is 0 Å². The Labute approximate surface area is 118 Å². The summed E-state index contributed by atoms with van der Waals surface area (Å²) in [4.78, 5) is 3.31. The Morgan fingerprint density at radius 2 is 1.58 bits per heavy atom. The fourth-order valence-electron chi connectivity index (χ4n) is 2.49. The maximum atomic E-state index is 8.23. The number of fused-ring (bicyclic) bond motifs is 3. The van der Waals surface area contributed by atoms with E-state index in [-0.39, 0.29) is 35.8 Å². The molecular formula is C18H13N. The molecule has 0 amide bonds. The van der Waals surface area contributed by atoms with Crippen molar-refractivity contribution < 1.29 is 6.85 Å². The summed E-state index contributed by atoms with van der Waals surface area (Å²) < 4.78 is 40.0. The van der Waals surface area contributed by atoms with Crippen LogP contribution in [0.1, 0.15) is 6.85 Å². The number of hydrogen-bond donors (Lipinski definition) is 1. The van der Waals surface area contributed by atoms with Gasteiger partial charge in [0, 0.05) is 21.8 Å². The van der Waals surface area contributed by atoms with Crippen molar-refractivity contribution in [1.29, 1.82) is 0 Å². The highest BCUT2D eigenvalue weighted by Gasteiger charge is 2.08. The fourth-order valence-corrected chi connectivity index (χ4v) is 2.49. The van der Waals surface area contributed by atoms with E-state index >= 15 is 0 Å². The van der Waals surface area contributed by atoms with Gasteiger partial charge in [0.25, 0.3) is 0 Å². The number of nitrogens with one attached hydrogen (secondary N) is 1. The molecule has 3 aromatic carbocycles. The van der Waals surface area contributed by atoms with Gasteiger partial charge < -0.3 is 4.98 Å². The van der Waals surface area contributed by atoms with Gasteiger partial charge in [-0.2, -0.15) is 0 Å². The van der Waals surface area contributed by atoms with Gasteiger partial charge in [-0.3, -0.25) is 0 Å². The van der Waals surface area contributed by atoms with E-state index in [1.807, 2.05) is 36.4 Å². The molecular weight excluding hydrogens is 230 g/mol. The second-order valence-electron chi connectivity index (χ2n) is 4.40. The SMILES string of the molecule is [2H]c1c([2H])c([2H])c(-c2cccc3[nH]c4ccccc4c23)c([2H])c1[2H]. The molecule has 0 bridgehead atoms. The minimum absolute atomic E-state index is 0.182. The highest BCUT2D eigenvalue weighted by atomic mass is 14.7. The number of aromatic nitrogens is 1. The van der Waals surface area contributed by atoms with E-state index in [1.54, 1.807) is 6.07 Å². The number of rotatable bonds is 1. The molecule has 0 aliphatic carbocycles. The number of hydrogen-bond acceptors (Lipinski definition) is 0. The van der Waals surface area contributed by atoms with E-state index in [1.165, 1.54) is 0 Å². The van der Waals surface area contributed by atoms with Gasteiger partial charge in [-0.1, -0.05) is 60.5 Å². The molecule has 0 saturated carbocycles. The van der Waals surface area contributed by atoms with E-state index in [0.717, 1.165) is 21.8 Å². The van der Waals surface area contributed by atoms with Crippen LogP contribution in [0.3, 0.4) is 0 Å². The molecule has 0 fully saturated rings. The van der Waals surface area contributed by atoms with Crippen LogP contribution >= 0.6 is 0 Å². The Kier molecular flexibility index (Phi) is 1.38. The maximum absolute atomic E-state index is 8.23. The lowest BCUT2D eigenvalue weighted by Gasteiger charge is -2.04. The van der Waals surface area contributed by atoms with Crippen molar-refractivity contribution in [1.82, 2.24) is 4.98 Å². The first kappa shape index (κ1) is 6.58. The number of H-pyrrole nitrogens is 1. The van der Waals surface area contributed by atoms with Crippen LogP contribution < -0.4 is 0 Å². The van der Waals surface area contributed by atoms with Crippen LogP contribution in [-0.4, -0.2) is 4.98 Å². The van der Waals surface area contributed by atoms with Crippen LogP contribution in [-0.2, 0) is 0 Å². The summed E-state index contributed by atoms with van der Waals surface area (Å²) >= 11 is 0. The molecule has 90 valence electrons. The quantitative estimate of drug-likeness (QED) is 0.488. The van der Waals surface area contributed by atoms with Crippen molar-refractivity contribution in [2.45, 2.75) is 0 Å². The summed E-state index contributed by atoms with van der Waals surface area (Å²) in [6.45, 7) is 0. The van der Waals surface area contributed by atoms with E-state index in [2.05, 4.69) is 4.98 Å². The van der Waals surface area contributed by atoms with Gasteiger partial charge in [0.15, 0.2) is 0 Å². The molecule has 1 N–H and O–H groups in total. The molecule has 0 unspecified atom stereocenters. The van der Waals surface area contributed by atoms with Crippen LogP contribution in [0.25, 0.3) is 32.9 Å². The van der Waals surface area contributed by atoms with E-state index in [0.29, 0.717) is 5.56 Å². The van der Waals surface area contributed by atoms with Gasteiger partial charge >= 0.3 is 0 Å². The zero-order valence-corrected chi connectivity index (χ0v) is 10.0. The van der Waals surface area contributed by atoms with Crippen LogP contribution in [0, 0.1) is 0 Å². The van der Waals surface area contributed by atoms with Gasteiger partial charge in [-0.05, 0) is 23.3 Å². The van der Waals surface area contributed by atoms with Crippen molar-refractivity contribution in [3.8, 4) is 11.1 Å². The Morgan fingerprint density at radius 1 is 0.789 bits per heavy atom. The second-order valence-corrected chi connectivity index (χ2v) is 4.40. The van der Waals surface area contributed by atoms with Crippen molar-refractivity contribution in [2.75, 3.05) is 0 Å². The second kappa shape index (κ2) is 3.99. The molecule has 1 heteroatoms. The smallest absolute Gasteiger partial charge is 0.0629 e. The van der Waals surface area contributed by atoms with Gasteiger partial charge in [0.05, 0.1) is 6.85 Å². The normalized spacial score (nSPS) is 14.8. The maximum Gasteiger partial charge on any atom is 0.0629 e. The van der Waals surface area contributed by atoms with Crippen molar-refractivity contribution in [3.05, 3.63) is 72.7 Å². The third-order valence-electron chi connectivity index (χ3n) is 3.30. The number of aromatic amines is 1. The monoisotopic (exact) mass is 248 g/mol. The molecule has 1 nitrogen and oxygen atoms in total. The molecule has 0 saturated heterocycles. The minimum Gasteiger partial charge on any atom is -0.354 e. The Bertz CT molecular complexity index is 1080. The summed E-state index contributed by atoms with van der Waals surface area (Å²) in [7, 11) is 0. The summed E-state index contributed by atoms with van der Waals surface area (Å²) in [5.41, 5.74) is 2.70. The Balaban J connectivity index is 2.20. The standard InChI is InChI=1S/C18H13N/c1-2-7-13(8-3-1)14-10-6-12-17-18(14)15-9-4-5-11-16(15)19-17/h1-12,19H/i1D,2D,3D,7D,8D. The first-order valence-electron chi connectivity index (χ1n) is 8.57. The summed E-state index contributed by atoms with van der Waals surface area (Å²) in [5.74, 6) is 0. The number of para-hydroxylation sites is 1. The number of benzene rings is 3. The lowest BCUT2D eigenvalue weighted by atomic mass is 10.00. The average Bonchev–Trinajstić information content (AvgIpc) is 2.98. The van der Waals surface area contributed by atoms with Crippen LogP contribution in [0.15, 0.2) is 72.7 Å². The lowest BCUT2D eigenvalue weighted by Crippen LogP contribution is -1.78. The highest BCUT2D eigenvalue weighted by molar-refractivity contribution is 6.14. The molecule has 4 rings (SSSR count). The third-order valence-corrected chi connectivity index (χ3v) is 3.30.